The Hall–Kier alpha value is -2.99. The number of carbonyl (C=O) groups excluding carboxylic acids is 1. The largest absolute Gasteiger partial charge is 0.465 e. The second-order valence-corrected chi connectivity index (χ2v) is 6.47. The maximum atomic E-state index is 12.4. The van der Waals surface area contributed by atoms with E-state index < -0.39 is 5.97 Å². The summed E-state index contributed by atoms with van der Waals surface area (Å²) in [7, 11) is 1.33. The van der Waals surface area contributed by atoms with Crippen molar-refractivity contribution >= 4 is 16.9 Å². The molecule has 0 spiro atoms. The van der Waals surface area contributed by atoms with Gasteiger partial charge in [-0.1, -0.05) is 24.3 Å². The molecule has 132 valence electrons. The fraction of sp³-hybridized carbons (Fsp3) is 0.250. The van der Waals surface area contributed by atoms with Crippen LogP contribution in [0.25, 0.3) is 10.9 Å². The Morgan fingerprint density at radius 1 is 1.23 bits per heavy atom. The average molecular weight is 349 g/mol. The molecule has 2 heterocycles. The van der Waals surface area contributed by atoms with Gasteiger partial charge in [0.2, 0.25) is 0 Å². The molecule has 0 saturated heterocycles. The topological polar surface area (TPSA) is 75.3 Å². The second-order valence-electron chi connectivity index (χ2n) is 6.47. The summed E-state index contributed by atoms with van der Waals surface area (Å²) < 4.78 is 4.74. The van der Waals surface area contributed by atoms with E-state index in [4.69, 9.17) is 4.74 Å². The zero-order chi connectivity index (χ0) is 18.1. The van der Waals surface area contributed by atoms with Gasteiger partial charge in [-0.15, -0.1) is 0 Å². The lowest BCUT2D eigenvalue weighted by atomic mass is 10.00. The van der Waals surface area contributed by atoms with E-state index >= 15 is 0 Å². The Balaban J connectivity index is 1.63. The van der Waals surface area contributed by atoms with E-state index in [1.165, 1.54) is 18.2 Å². The first-order chi connectivity index (χ1) is 12.6. The van der Waals surface area contributed by atoms with Crippen molar-refractivity contribution < 1.29 is 9.53 Å². The van der Waals surface area contributed by atoms with Crippen LogP contribution >= 0.6 is 0 Å². The molecule has 3 aromatic rings. The number of fused-ring (bicyclic) bond motifs is 2. The Labute approximate surface area is 150 Å². The molecule has 0 aliphatic carbocycles. The lowest BCUT2D eigenvalue weighted by Gasteiger charge is -2.28. The molecule has 6 nitrogen and oxygen atoms in total. The molecule has 4 rings (SSSR count). The van der Waals surface area contributed by atoms with Gasteiger partial charge in [-0.2, -0.15) is 0 Å². The zero-order valence-electron chi connectivity index (χ0n) is 14.5. The third-order valence-electron chi connectivity index (χ3n) is 4.76. The van der Waals surface area contributed by atoms with E-state index in [0.29, 0.717) is 28.8 Å². The fourth-order valence-corrected chi connectivity index (χ4v) is 3.41. The highest BCUT2D eigenvalue weighted by Crippen LogP contribution is 2.20. The lowest BCUT2D eigenvalue weighted by Crippen LogP contribution is -2.31. The molecule has 1 aliphatic rings. The first kappa shape index (κ1) is 16.5. The van der Waals surface area contributed by atoms with E-state index in [9.17, 15) is 9.59 Å². The number of ether oxygens (including phenoxy) is 1. The summed E-state index contributed by atoms with van der Waals surface area (Å²) in [6.45, 7) is 2.31. The van der Waals surface area contributed by atoms with Gasteiger partial charge in [0.25, 0.3) is 5.56 Å². The molecule has 0 amide bonds. The number of hydrogen-bond donors (Lipinski definition) is 1. The summed E-state index contributed by atoms with van der Waals surface area (Å²) in [6.07, 6.45) is 0.987. The highest BCUT2D eigenvalue weighted by atomic mass is 16.5. The van der Waals surface area contributed by atoms with Gasteiger partial charge < -0.3 is 9.72 Å². The van der Waals surface area contributed by atoms with Crippen LogP contribution in [-0.4, -0.2) is 34.5 Å². The number of aromatic amines is 1. The maximum Gasteiger partial charge on any atom is 0.337 e. The van der Waals surface area contributed by atoms with Crippen LogP contribution in [0.5, 0.6) is 0 Å². The van der Waals surface area contributed by atoms with Gasteiger partial charge in [-0.25, -0.2) is 9.78 Å². The van der Waals surface area contributed by atoms with Gasteiger partial charge in [-0.3, -0.25) is 9.69 Å². The molecule has 2 aromatic carbocycles. The number of esters is 1. The minimum absolute atomic E-state index is 0.196. The molecular formula is C20H19N3O3. The van der Waals surface area contributed by atoms with Gasteiger partial charge >= 0.3 is 5.97 Å². The SMILES string of the molecule is COC(=O)c1ccc2c(=O)[nH]c(CN3CCc4ccccc4C3)nc2c1. The molecule has 1 aromatic heterocycles. The van der Waals surface area contributed by atoms with E-state index in [1.807, 2.05) is 6.07 Å². The monoisotopic (exact) mass is 349 g/mol. The van der Waals surface area contributed by atoms with E-state index in [2.05, 4.69) is 33.1 Å². The lowest BCUT2D eigenvalue weighted by molar-refractivity contribution is 0.0601. The summed E-state index contributed by atoms with van der Waals surface area (Å²) in [4.78, 5) is 33.8. The molecule has 1 N–H and O–H groups in total. The number of hydrogen-bond acceptors (Lipinski definition) is 5. The summed E-state index contributed by atoms with van der Waals surface area (Å²) in [5, 5.41) is 0.463. The molecule has 0 radical (unpaired) electrons. The summed E-state index contributed by atoms with van der Waals surface area (Å²) in [6, 6.07) is 13.2. The second kappa shape index (κ2) is 6.72. The van der Waals surface area contributed by atoms with Crippen LogP contribution in [0, 0.1) is 0 Å². The molecular weight excluding hydrogens is 330 g/mol. The molecule has 6 heteroatoms. The number of carbonyl (C=O) groups is 1. The molecule has 1 aliphatic heterocycles. The van der Waals surface area contributed by atoms with Crippen LogP contribution in [-0.2, 0) is 24.2 Å². The van der Waals surface area contributed by atoms with Crippen molar-refractivity contribution in [3.8, 4) is 0 Å². The normalized spacial score (nSPS) is 14.2. The van der Waals surface area contributed by atoms with Crippen molar-refractivity contribution in [2.75, 3.05) is 13.7 Å². The van der Waals surface area contributed by atoms with Crippen molar-refractivity contribution in [1.29, 1.82) is 0 Å². The summed E-state index contributed by atoms with van der Waals surface area (Å²) in [5.41, 5.74) is 3.39. The number of aromatic nitrogens is 2. The van der Waals surface area contributed by atoms with Crippen molar-refractivity contribution in [1.82, 2.24) is 14.9 Å². The van der Waals surface area contributed by atoms with E-state index in [1.54, 1.807) is 18.2 Å². The van der Waals surface area contributed by atoms with Gasteiger partial charge in [-0.05, 0) is 35.7 Å². The molecule has 0 unspecified atom stereocenters. The maximum absolute atomic E-state index is 12.4. The van der Waals surface area contributed by atoms with Crippen molar-refractivity contribution in [3.63, 3.8) is 0 Å². The number of nitrogens with one attached hydrogen (secondary N) is 1. The summed E-state index contributed by atoms with van der Waals surface area (Å²) in [5.74, 6) is 0.159. The zero-order valence-corrected chi connectivity index (χ0v) is 14.5. The van der Waals surface area contributed by atoms with Gasteiger partial charge in [0.05, 0.1) is 30.1 Å². The molecule has 0 atom stereocenters. The van der Waals surface area contributed by atoms with Crippen molar-refractivity contribution in [3.05, 3.63) is 75.3 Å². The van der Waals surface area contributed by atoms with Gasteiger partial charge in [0.15, 0.2) is 0 Å². The van der Waals surface area contributed by atoms with Gasteiger partial charge in [0.1, 0.15) is 5.82 Å². The summed E-state index contributed by atoms with van der Waals surface area (Å²) >= 11 is 0. The first-order valence-corrected chi connectivity index (χ1v) is 8.54. The standard InChI is InChI=1S/C20H19N3O3/c1-26-20(25)14-6-7-16-17(10-14)21-18(22-19(16)24)12-23-9-8-13-4-2-3-5-15(13)11-23/h2-7,10H,8-9,11-12H2,1H3,(H,21,22,24). The minimum atomic E-state index is -0.442. The predicted molar refractivity (Wildman–Crippen MR) is 98.0 cm³/mol. The first-order valence-electron chi connectivity index (χ1n) is 8.54. The molecule has 0 saturated carbocycles. The quantitative estimate of drug-likeness (QED) is 0.734. The smallest absolute Gasteiger partial charge is 0.337 e. The Morgan fingerprint density at radius 3 is 2.85 bits per heavy atom. The van der Waals surface area contributed by atoms with Crippen LogP contribution in [0.15, 0.2) is 47.3 Å². The van der Waals surface area contributed by atoms with Crippen LogP contribution in [0.2, 0.25) is 0 Å². The highest BCUT2D eigenvalue weighted by Gasteiger charge is 2.17. The van der Waals surface area contributed by atoms with E-state index in [0.717, 1.165) is 19.5 Å². The van der Waals surface area contributed by atoms with E-state index in [-0.39, 0.29) is 5.56 Å². The third-order valence-corrected chi connectivity index (χ3v) is 4.76. The number of H-pyrrole nitrogens is 1. The number of methoxy groups -OCH3 is 1. The van der Waals surface area contributed by atoms with Crippen molar-refractivity contribution in [2.45, 2.75) is 19.5 Å². The van der Waals surface area contributed by atoms with Crippen LogP contribution in [0.3, 0.4) is 0 Å². The Morgan fingerprint density at radius 2 is 2.04 bits per heavy atom. The fourth-order valence-electron chi connectivity index (χ4n) is 3.41. The number of benzene rings is 2. The van der Waals surface area contributed by atoms with Crippen molar-refractivity contribution in [2.24, 2.45) is 0 Å². The van der Waals surface area contributed by atoms with Gasteiger partial charge in [0, 0.05) is 13.1 Å². The third kappa shape index (κ3) is 3.11. The molecule has 26 heavy (non-hydrogen) atoms. The minimum Gasteiger partial charge on any atom is -0.465 e. The Bertz CT molecular complexity index is 1040. The Kier molecular flexibility index (Phi) is 4.26. The molecule has 0 bridgehead atoms. The number of rotatable bonds is 3. The highest BCUT2D eigenvalue weighted by molar-refractivity contribution is 5.93. The van der Waals surface area contributed by atoms with Crippen LogP contribution in [0.4, 0.5) is 0 Å². The van der Waals surface area contributed by atoms with Crippen LogP contribution in [0.1, 0.15) is 27.3 Å². The predicted octanol–water partition coefficient (Wildman–Crippen LogP) is 2.27. The average Bonchev–Trinajstić information content (AvgIpc) is 2.67. The van der Waals surface area contributed by atoms with Crippen LogP contribution < -0.4 is 5.56 Å². The molecule has 0 fully saturated rings. The number of nitrogens with zero attached hydrogens (tertiary/aromatic N) is 2.